The van der Waals surface area contributed by atoms with Crippen molar-refractivity contribution < 1.29 is 27.9 Å². The molecular formula is C13H21F3N2O3. The number of carboxylic acid groups (broad SMARTS) is 1. The highest BCUT2D eigenvalue weighted by Gasteiger charge is 2.53. The first-order valence-electron chi connectivity index (χ1n) is 6.95. The summed E-state index contributed by atoms with van der Waals surface area (Å²) in [6.07, 6.45) is -4.57. The Morgan fingerprint density at radius 3 is 2.14 bits per heavy atom. The third-order valence-electron chi connectivity index (χ3n) is 4.07. The number of alkyl halides is 3. The zero-order chi connectivity index (χ0) is 16.4. The maximum Gasteiger partial charge on any atom is 0.393 e. The fraction of sp³-hybridized carbons (Fsp3) is 0.846. The predicted molar refractivity (Wildman–Crippen MR) is 69.6 cm³/mol. The zero-order valence-corrected chi connectivity index (χ0v) is 12.4. The van der Waals surface area contributed by atoms with Crippen molar-refractivity contribution >= 4 is 11.9 Å². The number of carbonyl (C=O) groups is 2. The van der Waals surface area contributed by atoms with E-state index in [2.05, 4.69) is 0 Å². The third-order valence-corrected chi connectivity index (χ3v) is 4.07. The van der Waals surface area contributed by atoms with Gasteiger partial charge in [-0.1, -0.05) is 0 Å². The van der Waals surface area contributed by atoms with Gasteiger partial charge in [-0.25, -0.2) is 0 Å². The number of likely N-dealkylation sites (tertiary alicyclic amines) is 1. The fourth-order valence-corrected chi connectivity index (χ4v) is 2.69. The molecule has 1 heterocycles. The molecule has 0 radical (unpaired) electrons. The van der Waals surface area contributed by atoms with Crippen LogP contribution in [-0.4, -0.2) is 65.2 Å². The minimum atomic E-state index is -4.57. The molecule has 0 aromatic heterocycles. The van der Waals surface area contributed by atoms with Gasteiger partial charge in [0, 0.05) is 26.2 Å². The quantitative estimate of drug-likeness (QED) is 0.835. The van der Waals surface area contributed by atoms with E-state index in [9.17, 15) is 22.8 Å². The van der Waals surface area contributed by atoms with Crippen LogP contribution >= 0.6 is 0 Å². The molecule has 1 N–H and O–H groups in total. The molecule has 1 aliphatic rings. The average molecular weight is 310 g/mol. The van der Waals surface area contributed by atoms with E-state index >= 15 is 0 Å². The molecule has 0 aromatic carbocycles. The average Bonchev–Trinajstić information content (AvgIpc) is 2.84. The van der Waals surface area contributed by atoms with Crippen LogP contribution in [0, 0.1) is 11.8 Å². The lowest BCUT2D eigenvalue weighted by molar-refractivity contribution is -0.188. The number of carbonyl (C=O) groups excluding carboxylic acids is 1. The van der Waals surface area contributed by atoms with E-state index in [0.29, 0.717) is 13.1 Å². The molecular weight excluding hydrogens is 289 g/mol. The van der Waals surface area contributed by atoms with E-state index in [1.807, 2.05) is 0 Å². The Kier molecular flexibility index (Phi) is 5.61. The molecule has 1 aliphatic heterocycles. The second-order valence-corrected chi connectivity index (χ2v) is 5.23. The number of carboxylic acids is 1. The maximum atomic E-state index is 12.9. The summed E-state index contributed by atoms with van der Waals surface area (Å²) in [6.45, 7) is 5.34. The number of hydrogen-bond donors (Lipinski definition) is 1. The van der Waals surface area contributed by atoms with Crippen LogP contribution < -0.4 is 0 Å². The summed E-state index contributed by atoms with van der Waals surface area (Å²) >= 11 is 0. The predicted octanol–water partition coefficient (Wildman–Crippen LogP) is 1.44. The minimum absolute atomic E-state index is 0.256. The monoisotopic (exact) mass is 310 g/mol. The molecule has 1 amide bonds. The van der Waals surface area contributed by atoms with Gasteiger partial charge in [-0.2, -0.15) is 13.2 Å². The molecule has 0 aromatic rings. The van der Waals surface area contributed by atoms with Crippen LogP contribution in [0.2, 0.25) is 0 Å². The lowest BCUT2D eigenvalue weighted by Crippen LogP contribution is -2.46. The Morgan fingerprint density at radius 1 is 1.29 bits per heavy atom. The highest BCUT2D eigenvalue weighted by Crippen LogP contribution is 2.38. The lowest BCUT2D eigenvalue weighted by Gasteiger charge is -2.29. The van der Waals surface area contributed by atoms with Gasteiger partial charge in [0.25, 0.3) is 0 Å². The molecule has 1 unspecified atom stereocenters. The van der Waals surface area contributed by atoms with Gasteiger partial charge in [0.1, 0.15) is 0 Å². The van der Waals surface area contributed by atoms with E-state index in [-0.39, 0.29) is 12.5 Å². The molecule has 0 saturated carbocycles. The number of hydrogen-bond acceptors (Lipinski definition) is 3. The van der Waals surface area contributed by atoms with Crippen LogP contribution in [0.3, 0.4) is 0 Å². The molecule has 0 bridgehead atoms. The van der Waals surface area contributed by atoms with Crippen molar-refractivity contribution in [3.05, 3.63) is 0 Å². The Bertz CT molecular complexity index is 397. The van der Waals surface area contributed by atoms with Crippen LogP contribution in [0.5, 0.6) is 0 Å². The first kappa shape index (κ1) is 17.7. The van der Waals surface area contributed by atoms with E-state index < -0.39 is 36.6 Å². The van der Waals surface area contributed by atoms with Crippen molar-refractivity contribution in [3.63, 3.8) is 0 Å². The van der Waals surface area contributed by atoms with Crippen molar-refractivity contribution in [1.29, 1.82) is 0 Å². The minimum Gasteiger partial charge on any atom is -0.481 e. The van der Waals surface area contributed by atoms with Gasteiger partial charge in [-0.05, 0) is 20.8 Å². The Morgan fingerprint density at radius 2 is 1.81 bits per heavy atom. The topological polar surface area (TPSA) is 60.9 Å². The summed E-state index contributed by atoms with van der Waals surface area (Å²) in [6, 6.07) is -0.751. The number of nitrogens with zero attached hydrogens (tertiary/aromatic N) is 2. The van der Waals surface area contributed by atoms with Gasteiger partial charge in [0.15, 0.2) is 0 Å². The van der Waals surface area contributed by atoms with E-state index in [0.717, 1.165) is 0 Å². The molecule has 3 atom stereocenters. The molecule has 1 fully saturated rings. The van der Waals surface area contributed by atoms with Gasteiger partial charge in [-0.15, -0.1) is 0 Å². The van der Waals surface area contributed by atoms with Crippen LogP contribution in [0.15, 0.2) is 0 Å². The fourth-order valence-electron chi connectivity index (χ4n) is 2.69. The summed E-state index contributed by atoms with van der Waals surface area (Å²) in [7, 11) is 0. The molecule has 21 heavy (non-hydrogen) atoms. The smallest absolute Gasteiger partial charge is 0.393 e. The van der Waals surface area contributed by atoms with Gasteiger partial charge in [-0.3, -0.25) is 14.5 Å². The maximum absolute atomic E-state index is 12.9. The normalized spacial score (nSPS) is 24.9. The van der Waals surface area contributed by atoms with Crippen molar-refractivity contribution in [2.45, 2.75) is 33.0 Å². The molecule has 0 spiro atoms. The number of rotatable bonds is 5. The second kappa shape index (κ2) is 6.64. The summed E-state index contributed by atoms with van der Waals surface area (Å²) in [5.41, 5.74) is 0. The highest BCUT2D eigenvalue weighted by atomic mass is 19.4. The van der Waals surface area contributed by atoms with Crippen molar-refractivity contribution in [2.75, 3.05) is 26.2 Å². The highest BCUT2D eigenvalue weighted by molar-refractivity contribution is 5.81. The van der Waals surface area contributed by atoms with Gasteiger partial charge in [0.2, 0.25) is 5.91 Å². The first-order valence-corrected chi connectivity index (χ1v) is 6.95. The molecule has 1 rings (SSSR count). The second-order valence-electron chi connectivity index (χ2n) is 5.23. The van der Waals surface area contributed by atoms with Gasteiger partial charge >= 0.3 is 12.1 Å². The molecule has 0 aliphatic carbocycles. The summed E-state index contributed by atoms with van der Waals surface area (Å²) in [5.74, 6) is -5.19. The molecule has 122 valence electrons. The van der Waals surface area contributed by atoms with Crippen LogP contribution in [0.1, 0.15) is 20.8 Å². The number of aliphatic carboxylic acids is 1. The Labute approximate surface area is 121 Å². The summed E-state index contributed by atoms with van der Waals surface area (Å²) < 4.78 is 38.7. The third kappa shape index (κ3) is 3.87. The summed E-state index contributed by atoms with van der Waals surface area (Å²) in [4.78, 5) is 26.0. The zero-order valence-electron chi connectivity index (χ0n) is 12.4. The van der Waals surface area contributed by atoms with Gasteiger partial charge in [0.05, 0.1) is 17.9 Å². The van der Waals surface area contributed by atoms with Gasteiger partial charge < -0.3 is 10.0 Å². The SMILES string of the molecule is CCN(CC)C(=O)C(C)N1C[C@@H](C(F)(F)F)[C@H](C(=O)O)C1. The Hall–Kier alpha value is -1.31. The van der Waals surface area contributed by atoms with E-state index in [4.69, 9.17) is 5.11 Å². The molecule has 1 saturated heterocycles. The standard InChI is InChI=1S/C13H21F3N2O3/c1-4-17(5-2)11(19)8(3)18-6-9(12(20)21)10(7-18)13(14,15)16/h8-10H,4-7H2,1-3H3,(H,20,21)/t8?,9-,10-/m1/s1. The molecule has 8 heteroatoms. The van der Waals surface area contributed by atoms with Crippen LogP contribution in [0.25, 0.3) is 0 Å². The first-order chi connectivity index (χ1) is 9.63. The summed E-state index contributed by atoms with van der Waals surface area (Å²) in [5, 5.41) is 8.96. The van der Waals surface area contributed by atoms with Crippen molar-refractivity contribution in [1.82, 2.24) is 9.80 Å². The van der Waals surface area contributed by atoms with Crippen LogP contribution in [0.4, 0.5) is 13.2 Å². The number of halogens is 3. The van der Waals surface area contributed by atoms with Crippen molar-refractivity contribution in [3.8, 4) is 0 Å². The molecule has 5 nitrogen and oxygen atoms in total. The number of likely N-dealkylation sites (N-methyl/N-ethyl adjacent to an activating group) is 1. The lowest BCUT2D eigenvalue weighted by atomic mass is 9.96. The van der Waals surface area contributed by atoms with E-state index in [1.54, 1.807) is 13.8 Å². The largest absolute Gasteiger partial charge is 0.481 e. The Balaban J connectivity index is 2.86. The van der Waals surface area contributed by atoms with E-state index in [1.165, 1.54) is 16.7 Å². The number of amides is 1. The van der Waals surface area contributed by atoms with Crippen molar-refractivity contribution in [2.24, 2.45) is 11.8 Å². The van der Waals surface area contributed by atoms with Crippen LogP contribution in [-0.2, 0) is 9.59 Å².